The second-order valence-corrected chi connectivity index (χ2v) is 5.70. The number of aliphatic hydroxyl groups is 1. The summed E-state index contributed by atoms with van der Waals surface area (Å²) in [6, 6.07) is 8.81. The summed E-state index contributed by atoms with van der Waals surface area (Å²) in [4.78, 5) is 2.30. The first kappa shape index (κ1) is 12.6. The molecule has 2 heteroatoms. The van der Waals surface area contributed by atoms with Crippen LogP contribution in [0.1, 0.15) is 37.3 Å². The smallest absolute Gasteiger partial charge is 0.0540 e. The molecule has 1 N–H and O–H groups in total. The molecule has 1 aliphatic rings. The molecule has 94 valence electrons. The van der Waals surface area contributed by atoms with E-state index in [-0.39, 0.29) is 12.0 Å². The molecule has 0 radical (unpaired) electrons. The summed E-state index contributed by atoms with van der Waals surface area (Å²) in [5, 5.41) is 9.74. The van der Waals surface area contributed by atoms with Crippen molar-refractivity contribution < 1.29 is 5.11 Å². The molecule has 1 unspecified atom stereocenters. The SMILES string of the molecule is CC(C)c1ccc(C2(CO)CCN(C)C2)cc1. The van der Waals surface area contributed by atoms with Crippen molar-refractivity contribution in [3.05, 3.63) is 35.4 Å². The number of hydrogen-bond donors (Lipinski definition) is 1. The van der Waals surface area contributed by atoms with Crippen LogP contribution in [0.5, 0.6) is 0 Å². The van der Waals surface area contributed by atoms with Gasteiger partial charge >= 0.3 is 0 Å². The van der Waals surface area contributed by atoms with Crippen molar-refractivity contribution in [3.8, 4) is 0 Å². The van der Waals surface area contributed by atoms with E-state index in [2.05, 4.69) is 50.1 Å². The summed E-state index contributed by atoms with van der Waals surface area (Å²) in [5.74, 6) is 0.570. The number of rotatable bonds is 3. The molecular formula is C15H23NO. The van der Waals surface area contributed by atoms with Gasteiger partial charge in [0.2, 0.25) is 0 Å². The third kappa shape index (κ3) is 2.38. The van der Waals surface area contributed by atoms with Gasteiger partial charge in [0, 0.05) is 12.0 Å². The van der Waals surface area contributed by atoms with Crippen LogP contribution >= 0.6 is 0 Å². The van der Waals surface area contributed by atoms with Crippen molar-refractivity contribution in [1.29, 1.82) is 0 Å². The fourth-order valence-corrected chi connectivity index (χ4v) is 2.76. The standard InChI is InChI=1S/C15H23NO/c1-12(2)13-4-6-14(7-5-13)15(11-17)8-9-16(3)10-15/h4-7,12,17H,8-11H2,1-3H3. The van der Waals surface area contributed by atoms with Gasteiger partial charge in [-0.15, -0.1) is 0 Å². The van der Waals surface area contributed by atoms with Crippen LogP contribution in [0.2, 0.25) is 0 Å². The van der Waals surface area contributed by atoms with Crippen LogP contribution in [0.3, 0.4) is 0 Å². The molecule has 0 spiro atoms. The van der Waals surface area contributed by atoms with E-state index >= 15 is 0 Å². The first-order valence-electron chi connectivity index (χ1n) is 6.47. The lowest BCUT2D eigenvalue weighted by molar-refractivity contribution is 0.195. The summed E-state index contributed by atoms with van der Waals surface area (Å²) >= 11 is 0. The second kappa shape index (κ2) is 4.79. The van der Waals surface area contributed by atoms with Gasteiger partial charge in [-0.3, -0.25) is 0 Å². The van der Waals surface area contributed by atoms with Crippen molar-refractivity contribution in [1.82, 2.24) is 4.90 Å². The molecule has 0 bridgehead atoms. The third-order valence-corrected chi connectivity index (χ3v) is 4.04. The van der Waals surface area contributed by atoms with Crippen LogP contribution in [-0.2, 0) is 5.41 Å². The summed E-state index contributed by atoms with van der Waals surface area (Å²) in [6.45, 7) is 6.70. The molecule has 1 aliphatic heterocycles. The van der Waals surface area contributed by atoms with E-state index in [1.165, 1.54) is 11.1 Å². The Labute approximate surface area is 104 Å². The van der Waals surface area contributed by atoms with E-state index in [9.17, 15) is 5.11 Å². The maximum absolute atomic E-state index is 9.74. The average molecular weight is 233 g/mol. The van der Waals surface area contributed by atoms with Gasteiger partial charge in [0.15, 0.2) is 0 Å². The minimum absolute atomic E-state index is 0.0374. The predicted molar refractivity (Wildman–Crippen MR) is 71.4 cm³/mol. The molecule has 0 aromatic heterocycles. The topological polar surface area (TPSA) is 23.5 Å². The highest BCUT2D eigenvalue weighted by atomic mass is 16.3. The van der Waals surface area contributed by atoms with Crippen LogP contribution in [0.4, 0.5) is 0 Å². The van der Waals surface area contributed by atoms with Crippen LogP contribution in [-0.4, -0.2) is 36.8 Å². The van der Waals surface area contributed by atoms with Gasteiger partial charge in [0.25, 0.3) is 0 Å². The average Bonchev–Trinajstić information content (AvgIpc) is 2.72. The summed E-state index contributed by atoms with van der Waals surface area (Å²) in [7, 11) is 2.12. The van der Waals surface area contributed by atoms with Crippen LogP contribution in [0.15, 0.2) is 24.3 Å². The molecule has 1 saturated heterocycles. The largest absolute Gasteiger partial charge is 0.395 e. The number of hydrogen-bond acceptors (Lipinski definition) is 2. The van der Waals surface area contributed by atoms with Gasteiger partial charge in [-0.1, -0.05) is 38.1 Å². The first-order valence-corrected chi connectivity index (χ1v) is 6.47. The monoisotopic (exact) mass is 233 g/mol. The van der Waals surface area contributed by atoms with Gasteiger partial charge in [-0.2, -0.15) is 0 Å². The van der Waals surface area contributed by atoms with E-state index in [4.69, 9.17) is 0 Å². The van der Waals surface area contributed by atoms with Gasteiger partial charge in [-0.05, 0) is 37.1 Å². The van der Waals surface area contributed by atoms with Gasteiger partial charge < -0.3 is 10.0 Å². The highest BCUT2D eigenvalue weighted by Gasteiger charge is 2.37. The highest BCUT2D eigenvalue weighted by Crippen LogP contribution is 2.34. The van der Waals surface area contributed by atoms with Crippen molar-refractivity contribution in [3.63, 3.8) is 0 Å². The van der Waals surface area contributed by atoms with Gasteiger partial charge in [0.05, 0.1) is 6.61 Å². The van der Waals surface area contributed by atoms with Crippen molar-refractivity contribution in [2.45, 2.75) is 31.6 Å². The van der Waals surface area contributed by atoms with E-state index in [0.717, 1.165) is 19.5 Å². The molecule has 0 aliphatic carbocycles. The molecular weight excluding hydrogens is 210 g/mol. The fourth-order valence-electron chi connectivity index (χ4n) is 2.76. The Balaban J connectivity index is 2.26. The quantitative estimate of drug-likeness (QED) is 0.866. The molecule has 17 heavy (non-hydrogen) atoms. The molecule has 2 nitrogen and oxygen atoms in total. The fraction of sp³-hybridized carbons (Fsp3) is 0.600. The normalized spacial score (nSPS) is 25.7. The molecule has 1 aromatic rings. The minimum atomic E-state index is -0.0374. The third-order valence-electron chi connectivity index (χ3n) is 4.04. The van der Waals surface area contributed by atoms with Crippen LogP contribution < -0.4 is 0 Å². The Morgan fingerprint density at radius 3 is 2.35 bits per heavy atom. The molecule has 0 saturated carbocycles. The van der Waals surface area contributed by atoms with Crippen LogP contribution in [0.25, 0.3) is 0 Å². The molecule has 2 rings (SSSR count). The Morgan fingerprint density at radius 1 is 1.29 bits per heavy atom. The first-order chi connectivity index (χ1) is 8.07. The lowest BCUT2D eigenvalue weighted by Crippen LogP contribution is -2.33. The highest BCUT2D eigenvalue weighted by molar-refractivity contribution is 5.32. The summed E-state index contributed by atoms with van der Waals surface area (Å²) in [6.07, 6.45) is 1.06. The maximum atomic E-state index is 9.74. The summed E-state index contributed by atoms with van der Waals surface area (Å²) < 4.78 is 0. The minimum Gasteiger partial charge on any atom is -0.395 e. The number of nitrogens with zero attached hydrogens (tertiary/aromatic N) is 1. The lowest BCUT2D eigenvalue weighted by atomic mass is 9.80. The Bertz CT molecular complexity index is 371. The number of benzene rings is 1. The Hall–Kier alpha value is -0.860. The zero-order valence-corrected chi connectivity index (χ0v) is 11.1. The molecule has 1 heterocycles. The van der Waals surface area contributed by atoms with Crippen molar-refractivity contribution >= 4 is 0 Å². The number of likely N-dealkylation sites (tertiary alicyclic amines) is 1. The van der Waals surface area contributed by atoms with Gasteiger partial charge in [-0.25, -0.2) is 0 Å². The van der Waals surface area contributed by atoms with E-state index < -0.39 is 0 Å². The number of aliphatic hydroxyl groups excluding tert-OH is 1. The predicted octanol–water partition coefficient (Wildman–Crippen LogP) is 2.38. The Morgan fingerprint density at radius 2 is 1.94 bits per heavy atom. The zero-order valence-electron chi connectivity index (χ0n) is 11.1. The molecule has 1 fully saturated rings. The zero-order chi connectivity index (χ0) is 12.5. The maximum Gasteiger partial charge on any atom is 0.0540 e. The molecule has 1 atom stereocenters. The Kier molecular flexibility index (Phi) is 3.55. The number of likely N-dealkylation sites (N-methyl/N-ethyl adjacent to an activating group) is 1. The van der Waals surface area contributed by atoms with E-state index in [1.807, 2.05) is 0 Å². The summed E-state index contributed by atoms with van der Waals surface area (Å²) in [5.41, 5.74) is 2.62. The lowest BCUT2D eigenvalue weighted by Gasteiger charge is -2.27. The molecule has 0 amide bonds. The van der Waals surface area contributed by atoms with Crippen LogP contribution in [0, 0.1) is 0 Å². The van der Waals surface area contributed by atoms with Crippen molar-refractivity contribution in [2.75, 3.05) is 26.7 Å². The van der Waals surface area contributed by atoms with E-state index in [1.54, 1.807) is 0 Å². The van der Waals surface area contributed by atoms with Gasteiger partial charge in [0.1, 0.15) is 0 Å². The van der Waals surface area contributed by atoms with E-state index in [0.29, 0.717) is 5.92 Å². The van der Waals surface area contributed by atoms with Crippen molar-refractivity contribution in [2.24, 2.45) is 0 Å². The molecule has 1 aromatic carbocycles. The second-order valence-electron chi connectivity index (χ2n) is 5.70.